The average Bonchev–Trinajstić information content (AvgIpc) is 3.24. The topological polar surface area (TPSA) is 63.7 Å². The van der Waals surface area contributed by atoms with Crippen LogP contribution in [-0.4, -0.2) is 48.6 Å². The van der Waals surface area contributed by atoms with Crippen molar-refractivity contribution in [3.63, 3.8) is 0 Å². The minimum atomic E-state index is -0.0937. The first kappa shape index (κ1) is 21.5. The minimum Gasteiger partial charge on any atom is -0.487 e. The van der Waals surface area contributed by atoms with Crippen LogP contribution in [0.5, 0.6) is 5.75 Å². The first-order valence-corrected chi connectivity index (χ1v) is 11.3. The predicted octanol–water partition coefficient (Wildman–Crippen LogP) is 3.83. The van der Waals surface area contributed by atoms with E-state index in [1.807, 2.05) is 42.6 Å². The van der Waals surface area contributed by atoms with E-state index in [0.717, 1.165) is 54.9 Å². The molecule has 4 rings (SSSR count). The molecule has 3 aromatic rings. The molecule has 6 nitrogen and oxygen atoms in total. The summed E-state index contributed by atoms with van der Waals surface area (Å²) in [5, 5.41) is 6.23. The molecule has 0 bridgehead atoms. The van der Waals surface area contributed by atoms with Crippen LogP contribution < -0.4 is 10.1 Å². The fourth-order valence-electron chi connectivity index (χ4n) is 3.54. The third-order valence-electron chi connectivity index (χ3n) is 5.22. The molecule has 1 unspecified atom stereocenters. The van der Waals surface area contributed by atoms with Gasteiger partial charge in [-0.2, -0.15) is 0 Å². The molecule has 1 aliphatic rings. The Bertz CT molecular complexity index is 969. The van der Waals surface area contributed by atoms with Gasteiger partial charge in [-0.25, -0.2) is 4.98 Å². The van der Waals surface area contributed by atoms with E-state index in [4.69, 9.17) is 9.47 Å². The highest BCUT2D eigenvalue weighted by molar-refractivity contribution is 7.09. The molecule has 0 spiro atoms. The molecular formula is C24H27N3O3S. The number of amides is 1. The van der Waals surface area contributed by atoms with Gasteiger partial charge in [0.25, 0.3) is 5.91 Å². The highest BCUT2D eigenvalue weighted by Gasteiger charge is 2.20. The van der Waals surface area contributed by atoms with Gasteiger partial charge in [0.2, 0.25) is 0 Å². The van der Waals surface area contributed by atoms with Crippen molar-refractivity contribution in [2.45, 2.75) is 19.6 Å². The van der Waals surface area contributed by atoms with E-state index in [0.29, 0.717) is 12.2 Å². The number of nitrogens with one attached hydrogen (secondary N) is 1. The summed E-state index contributed by atoms with van der Waals surface area (Å²) in [7, 11) is 0. The van der Waals surface area contributed by atoms with Crippen molar-refractivity contribution in [3.05, 3.63) is 81.8 Å². The van der Waals surface area contributed by atoms with E-state index in [9.17, 15) is 4.79 Å². The van der Waals surface area contributed by atoms with Crippen molar-refractivity contribution in [2.24, 2.45) is 0 Å². The van der Waals surface area contributed by atoms with Crippen molar-refractivity contribution in [1.29, 1.82) is 0 Å². The Labute approximate surface area is 186 Å². The molecule has 1 N–H and O–H groups in total. The smallest absolute Gasteiger partial charge is 0.251 e. The molecule has 0 aliphatic carbocycles. The molecule has 1 amide bonds. The van der Waals surface area contributed by atoms with Gasteiger partial charge < -0.3 is 14.8 Å². The van der Waals surface area contributed by atoms with Crippen LogP contribution >= 0.6 is 11.3 Å². The third kappa shape index (κ3) is 6.13. The number of carbonyl (C=O) groups is 1. The van der Waals surface area contributed by atoms with E-state index in [1.165, 1.54) is 0 Å². The van der Waals surface area contributed by atoms with Crippen molar-refractivity contribution < 1.29 is 14.3 Å². The molecule has 2 aromatic carbocycles. The Morgan fingerprint density at radius 2 is 1.90 bits per heavy atom. The number of nitrogens with zero attached hydrogens (tertiary/aromatic N) is 2. The number of hydrogen-bond acceptors (Lipinski definition) is 6. The standard InChI is InChI=1S/C24H27N3O3S/c1-18-25-21(17-31-18)16-30-22-9-7-20(8-10-22)24(28)26-23(19-5-3-2-4-6-19)15-27-11-13-29-14-12-27/h2-10,17,23H,11-16H2,1H3,(H,26,28). The van der Waals surface area contributed by atoms with Crippen molar-refractivity contribution >= 4 is 17.2 Å². The summed E-state index contributed by atoms with van der Waals surface area (Å²) in [4.78, 5) is 19.7. The molecule has 31 heavy (non-hydrogen) atoms. The van der Waals surface area contributed by atoms with E-state index in [-0.39, 0.29) is 11.9 Å². The predicted molar refractivity (Wildman–Crippen MR) is 122 cm³/mol. The Hall–Kier alpha value is -2.74. The molecule has 1 fully saturated rings. The fourth-order valence-corrected chi connectivity index (χ4v) is 4.13. The number of thiazole rings is 1. The van der Waals surface area contributed by atoms with Gasteiger partial charge in [-0.3, -0.25) is 9.69 Å². The number of morpholine rings is 1. The van der Waals surface area contributed by atoms with Crippen LogP contribution in [0.2, 0.25) is 0 Å². The monoisotopic (exact) mass is 437 g/mol. The van der Waals surface area contributed by atoms with Crippen LogP contribution in [0.15, 0.2) is 60.0 Å². The number of aryl methyl sites for hydroxylation is 1. The van der Waals surface area contributed by atoms with Crippen molar-refractivity contribution in [2.75, 3.05) is 32.8 Å². The van der Waals surface area contributed by atoms with Gasteiger partial charge in [0.1, 0.15) is 12.4 Å². The molecule has 1 saturated heterocycles. The van der Waals surface area contributed by atoms with E-state index < -0.39 is 0 Å². The lowest BCUT2D eigenvalue weighted by Gasteiger charge is -2.31. The zero-order valence-electron chi connectivity index (χ0n) is 17.6. The van der Waals surface area contributed by atoms with Gasteiger partial charge in [-0.05, 0) is 36.8 Å². The molecule has 0 saturated carbocycles. The van der Waals surface area contributed by atoms with Gasteiger partial charge in [0.05, 0.1) is 30.0 Å². The van der Waals surface area contributed by atoms with Gasteiger partial charge in [-0.1, -0.05) is 30.3 Å². The summed E-state index contributed by atoms with van der Waals surface area (Å²) >= 11 is 1.61. The molecular weight excluding hydrogens is 410 g/mol. The van der Waals surface area contributed by atoms with Gasteiger partial charge >= 0.3 is 0 Å². The van der Waals surface area contributed by atoms with Crippen molar-refractivity contribution in [3.8, 4) is 5.75 Å². The maximum absolute atomic E-state index is 13.0. The van der Waals surface area contributed by atoms with Gasteiger partial charge in [0.15, 0.2) is 0 Å². The molecule has 1 atom stereocenters. The van der Waals surface area contributed by atoms with E-state index in [2.05, 4.69) is 27.3 Å². The van der Waals surface area contributed by atoms with E-state index >= 15 is 0 Å². The number of carbonyl (C=O) groups excluding carboxylic acids is 1. The number of aromatic nitrogens is 1. The van der Waals surface area contributed by atoms with Crippen LogP contribution in [0.3, 0.4) is 0 Å². The lowest BCUT2D eigenvalue weighted by atomic mass is 10.1. The lowest BCUT2D eigenvalue weighted by molar-refractivity contribution is 0.0332. The normalized spacial score (nSPS) is 15.4. The summed E-state index contributed by atoms with van der Waals surface area (Å²) in [6, 6.07) is 17.3. The Morgan fingerprint density at radius 3 is 2.58 bits per heavy atom. The molecule has 7 heteroatoms. The minimum absolute atomic E-state index is 0.0874. The highest BCUT2D eigenvalue weighted by Crippen LogP contribution is 2.19. The highest BCUT2D eigenvalue weighted by atomic mass is 32.1. The Morgan fingerprint density at radius 1 is 1.16 bits per heavy atom. The quantitative estimate of drug-likeness (QED) is 0.580. The summed E-state index contributed by atoms with van der Waals surface area (Å²) in [6.45, 7) is 6.38. The Kier molecular flexibility index (Phi) is 7.30. The van der Waals surface area contributed by atoms with Crippen molar-refractivity contribution in [1.82, 2.24) is 15.2 Å². The maximum Gasteiger partial charge on any atom is 0.251 e. The SMILES string of the molecule is Cc1nc(COc2ccc(C(=O)NC(CN3CCOCC3)c3ccccc3)cc2)cs1. The molecule has 0 radical (unpaired) electrons. The number of rotatable bonds is 8. The van der Waals surface area contributed by atoms with Crippen LogP contribution in [-0.2, 0) is 11.3 Å². The molecule has 2 heterocycles. The van der Waals surface area contributed by atoms with Crippen LogP contribution in [0, 0.1) is 6.92 Å². The third-order valence-corrected chi connectivity index (χ3v) is 6.04. The Balaban J connectivity index is 1.39. The first-order chi connectivity index (χ1) is 15.2. The van der Waals surface area contributed by atoms with Crippen LogP contribution in [0.1, 0.15) is 32.7 Å². The van der Waals surface area contributed by atoms with Crippen LogP contribution in [0.4, 0.5) is 0 Å². The zero-order valence-corrected chi connectivity index (χ0v) is 18.4. The number of ether oxygens (including phenoxy) is 2. The van der Waals surface area contributed by atoms with Gasteiger partial charge in [-0.15, -0.1) is 11.3 Å². The van der Waals surface area contributed by atoms with Crippen LogP contribution in [0.25, 0.3) is 0 Å². The fraction of sp³-hybridized carbons (Fsp3) is 0.333. The molecule has 1 aromatic heterocycles. The first-order valence-electron chi connectivity index (χ1n) is 10.5. The van der Waals surface area contributed by atoms with Gasteiger partial charge in [0, 0.05) is 30.6 Å². The average molecular weight is 438 g/mol. The number of benzene rings is 2. The maximum atomic E-state index is 13.0. The molecule has 1 aliphatic heterocycles. The summed E-state index contributed by atoms with van der Waals surface area (Å²) in [5.41, 5.74) is 2.62. The lowest BCUT2D eigenvalue weighted by Crippen LogP contribution is -2.43. The summed E-state index contributed by atoms with van der Waals surface area (Å²) < 4.78 is 11.2. The van der Waals surface area contributed by atoms with E-state index in [1.54, 1.807) is 23.5 Å². The second-order valence-electron chi connectivity index (χ2n) is 7.52. The number of hydrogen-bond donors (Lipinski definition) is 1. The largest absolute Gasteiger partial charge is 0.487 e. The second-order valence-corrected chi connectivity index (χ2v) is 8.58. The summed E-state index contributed by atoms with van der Waals surface area (Å²) in [5.74, 6) is 0.624. The molecule has 162 valence electrons. The summed E-state index contributed by atoms with van der Waals surface area (Å²) in [6.07, 6.45) is 0. The zero-order chi connectivity index (χ0) is 21.5. The second kappa shape index (κ2) is 10.5.